The summed E-state index contributed by atoms with van der Waals surface area (Å²) in [6.07, 6.45) is 0. The minimum absolute atomic E-state index is 0.116. The van der Waals surface area contributed by atoms with Crippen molar-refractivity contribution in [3.63, 3.8) is 0 Å². The van der Waals surface area contributed by atoms with Crippen LogP contribution >= 0.6 is 23.6 Å². The lowest BCUT2D eigenvalue weighted by atomic mass is 10.2. The third-order valence-electron chi connectivity index (χ3n) is 2.21. The molecule has 1 amide bonds. The first-order valence-corrected chi connectivity index (χ1v) is 6.25. The lowest BCUT2D eigenvalue weighted by Crippen LogP contribution is -2.12. The van der Waals surface area contributed by atoms with Crippen molar-refractivity contribution in [2.75, 3.05) is 5.32 Å². The lowest BCUT2D eigenvalue weighted by Gasteiger charge is -2.04. The summed E-state index contributed by atoms with van der Waals surface area (Å²) in [4.78, 5) is 12.1. The Morgan fingerprint density at radius 3 is 2.41 bits per heavy atom. The van der Waals surface area contributed by atoms with Gasteiger partial charge in [-0.3, -0.25) is 4.79 Å². The van der Waals surface area contributed by atoms with Gasteiger partial charge >= 0.3 is 0 Å². The van der Waals surface area contributed by atoms with Crippen LogP contribution in [-0.2, 0) is 0 Å². The van der Waals surface area contributed by atoms with Gasteiger partial charge in [-0.25, -0.2) is 0 Å². The standard InChI is InChI=1S/C12H10N2OS2/c13-11(16)8-1-3-10(4-2-8)14-12(15)9-5-6-17-7-9/h1-7H,(H2,13,16)(H,14,15). The average Bonchev–Trinajstić information content (AvgIpc) is 2.83. The smallest absolute Gasteiger partial charge is 0.256 e. The molecule has 0 saturated carbocycles. The second-order valence-corrected chi connectivity index (χ2v) is 4.63. The molecule has 0 radical (unpaired) electrons. The summed E-state index contributed by atoms with van der Waals surface area (Å²) in [7, 11) is 0. The van der Waals surface area contributed by atoms with E-state index in [-0.39, 0.29) is 5.91 Å². The highest BCUT2D eigenvalue weighted by Gasteiger charge is 2.06. The fourth-order valence-corrected chi connectivity index (χ4v) is 2.09. The molecule has 0 saturated heterocycles. The highest BCUT2D eigenvalue weighted by atomic mass is 32.1. The van der Waals surface area contributed by atoms with Gasteiger partial charge in [0.1, 0.15) is 4.99 Å². The van der Waals surface area contributed by atoms with Crippen LogP contribution in [0.3, 0.4) is 0 Å². The minimum atomic E-state index is -0.116. The summed E-state index contributed by atoms with van der Waals surface area (Å²) >= 11 is 6.34. The number of thiophene rings is 1. The first-order chi connectivity index (χ1) is 8.16. The van der Waals surface area contributed by atoms with Crippen molar-refractivity contribution in [2.45, 2.75) is 0 Å². The highest BCUT2D eigenvalue weighted by molar-refractivity contribution is 7.80. The number of carbonyl (C=O) groups excluding carboxylic acids is 1. The zero-order valence-corrected chi connectivity index (χ0v) is 10.5. The van der Waals surface area contributed by atoms with Gasteiger partial charge in [0.2, 0.25) is 0 Å². The third kappa shape index (κ3) is 2.89. The zero-order valence-electron chi connectivity index (χ0n) is 8.84. The molecule has 1 heterocycles. The number of hydrogen-bond acceptors (Lipinski definition) is 3. The molecule has 1 aromatic carbocycles. The molecular formula is C12H10N2OS2. The highest BCUT2D eigenvalue weighted by Crippen LogP contribution is 2.12. The first-order valence-electron chi connectivity index (χ1n) is 4.90. The van der Waals surface area contributed by atoms with Crippen LogP contribution in [0.15, 0.2) is 41.1 Å². The van der Waals surface area contributed by atoms with Gasteiger partial charge in [0.25, 0.3) is 5.91 Å². The molecule has 0 unspecified atom stereocenters. The maximum Gasteiger partial charge on any atom is 0.256 e. The number of hydrogen-bond donors (Lipinski definition) is 2. The summed E-state index contributed by atoms with van der Waals surface area (Å²) in [5.74, 6) is -0.116. The fraction of sp³-hybridized carbons (Fsp3) is 0. The minimum Gasteiger partial charge on any atom is -0.389 e. The van der Waals surface area contributed by atoms with Crippen molar-refractivity contribution in [1.82, 2.24) is 0 Å². The van der Waals surface area contributed by atoms with Crippen molar-refractivity contribution in [1.29, 1.82) is 0 Å². The molecule has 0 bridgehead atoms. The largest absolute Gasteiger partial charge is 0.389 e. The predicted octanol–water partition coefficient (Wildman–Crippen LogP) is 2.63. The van der Waals surface area contributed by atoms with E-state index >= 15 is 0 Å². The topological polar surface area (TPSA) is 55.1 Å². The van der Waals surface area contributed by atoms with Gasteiger partial charge in [0.15, 0.2) is 0 Å². The molecule has 0 aliphatic carbocycles. The Kier molecular flexibility index (Phi) is 3.51. The Bertz CT molecular complexity index is 532. The number of carbonyl (C=O) groups is 1. The second-order valence-electron chi connectivity index (χ2n) is 3.41. The quantitative estimate of drug-likeness (QED) is 0.836. The Hall–Kier alpha value is -1.72. The molecule has 0 spiro atoms. The molecule has 3 nitrogen and oxygen atoms in total. The van der Waals surface area contributed by atoms with Crippen LogP contribution in [0.2, 0.25) is 0 Å². The Morgan fingerprint density at radius 1 is 1.18 bits per heavy atom. The summed E-state index contributed by atoms with van der Waals surface area (Å²) in [6.45, 7) is 0. The van der Waals surface area contributed by atoms with Gasteiger partial charge in [0.05, 0.1) is 5.56 Å². The van der Waals surface area contributed by atoms with Gasteiger partial charge in [-0.05, 0) is 35.7 Å². The zero-order chi connectivity index (χ0) is 12.3. The van der Waals surface area contributed by atoms with Gasteiger partial charge in [-0.1, -0.05) is 12.2 Å². The van der Waals surface area contributed by atoms with E-state index in [2.05, 4.69) is 5.32 Å². The van der Waals surface area contributed by atoms with Gasteiger partial charge < -0.3 is 11.1 Å². The number of benzene rings is 1. The Balaban J connectivity index is 2.09. The number of nitrogens with one attached hydrogen (secondary N) is 1. The summed E-state index contributed by atoms with van der Waals surface area (Å²) in [5, 5.41) is 6.46. The maximum absolute atomic E-state index is 11.7. The van der Waals surface area contributed by atoms with Crippen molar-refractivity contribution < 1.29 is 4.79 Å². The van der Waals surface area contributed by atoms with Crippen LogP contribution in [0.4, 0.5) is 5.69 Å². The maximum atomic E-state index is 11.7. The molecular weight excluding hydrogens is 252 g/mol. The van der Waals surface area contributed by atoms with Crippen LogP contribution in [0.5, 0.6) is 0 Å². The fourth-order valence-electron chi connectivity index (χ4n) is 1.31. The van der Waals surface area contributed by atoms with Gasteiger partial charge in [-0.2, -0.15) is 11.3 Å². The molecule has 2 rings (SSSR count). The van der Waals surface area contributed by atoms with Crippen LogP contribution in [0, 0.1) is 0 Å². The SMILES string of the molecule is NC(=S)c1ccc(NC(=O)c2ccsc2)cc1. The van der Waals surface area contributed by atoms with E-state index in [0.29, 0.717) is 10.6 Å². The average molecular weight is 262 g/mol. The van der Waals surface area contributed by atoms with Crippen LogP contribution in [-0.4, -0.2) is 10.9 Å². The van der Waals surface area contributed by atoms with Gasteiger partial charge in [0, 0.05) is 16.6 Å². The number of anilines is 1. The summed E-state index contributed by atoms with van der Waals surface area (Å²) in [6, 6.07) is 8.90. The number of thiocarbonyl (C=S) groups is 1. The van der Waals surface area contributed by atoms with E-state index in [1.165, 1.54) is 11.3 Å². The second kappa shape index (κ2) is 5.07. The van der Waals surface area contributed by atoms with E-state index in [1.54, 1.807) is 35.7 Å². The third-order valence-corrected chi connectivity index (χ3v) is 3.13. The van der Waals surface area contributed by atoms with E-state index in [0.717, 1.165) is 11.3 Å². The van der Waals surface area contributed by atoms with Crippen LogP contribution in [0.25, 0.3) is 0 Å². The Labute approximate surface area is 108 Å². The molecule has 0 atom stereocenters. The van der Waals surface area contributed by atoms with E-state index < -0.39 is 0 Å². The van der Waals surface area contributed by atoms with E-state index in [1.807, 2.05) is 5.38 Å². The molecule has 1 aromatic heterocycles. The van der Waals surface area contributed by atoms with Crippen molar-refractivity contribution in [3.05, 3.63) is 52.2 Å². The monoisotopic (exact) mass is 262 g/mol. The molecule has 0 aliphatic heterocycles. The van der Waals surface area contributed by atoms with Crippen LogP contribution in [0.1, 0.15) is 15.9 Å². The van der Waals surface area contributed by atoms with Crippen LogP contribution < -0.4 is 11.1 Å². The molecule has 0 aliphatic rings. The molecule has 3 N–H and O–H groups in total. The molecule has 2 aromatic rings. The Morgan fingerprint density at radius 2 is 1.88 bits per heavy atom. The summed E-state index contributed by atoms with van der Waals surface area (Å²) < 4.78 is 0. The molecule has 17 heavy (non-hydrogen) atoms. The summed E-state index contributed by atoms with van der Waals surface area (Å²) in [5.41, 5.74) is 7.66. The molecule has 86 valence electrons. The first kappa shape index (κ1) is 11.8. The number of amides is 1. The van der Waals surface area contributed by atoms with Gasteiger partial charge in [-0.15, -0.1) is 0 Å². The van der Waals surface area contributed by atoms with E-state index in [9.17, 15) is 4.79 Å². The van der Waals surface area contributed by atoms with Crippen molar-refractivity contribution >= 4 is 40.1 Å². The van der Waals surface area contributed by atoms with Crippen molar-refractivity contribution in [2.24, 2.45) is 5.73 Å². The molecule has 5 heteroatoms. The van der Waals surface area contributed by atoms with Crippen molar-refractivity contribution in [3.8, 4) is 0 Å². The normalized spacial score (nSPS) is 9.88. The molecule has 0 fully saturated rings. The lowest BCUT2D eigenvalue weighted by molar-refractivity contribution is 0.102. The number of rotatable bonds is 3. The van der Waals surface area contributed by atoms with E-state index in [4.69, 9.17) is 18.0 Å². The number of nitrogens with two attached hydrogens (primary N) is 1. The predicted molar refractivity (Wildman–Crippen MR) is 74.6 cm³/mol.